The molecular weight excluding hydrogens is 335 g/mol. The van der Waals surface area contributed by atoms with Crippen LogP contribution >= 0.6 is 0 Å². The summed E-state index contributed by atoms with van der Waals surface area (Å²) in [5.41, 5.74) is -0.665. The van der Waals surface area contributed by atoms with E-state index in [9.17, 15) is 21.6 Å². The zero-order valence-electron chi connectivity index (χ0n) is 12.1. The van der Waals surface area contributed by atoms with Gasteiger partial charge in [-0.25, -0.2) is 18.4 Å². The van der Waals surface area contributed by atoms with Gasteiger partial charge in [-0.15, -0.1) is 0 Å². The molecule has 2 rings (SSSR count). The van der Waals surface area contributed by atoms with E-state index >= 15 is 0 Å². The second-order valence-electron chi connectivity index (χ2n) is 4.64. The zero-order valence-corrected chi connectivity index (χ0v) is 12.9. The van der Waals surface area contributed by atoms with Crippen molar-refractivity contribution in [2.45, 2.75) is 19.6 Å². The number of alkyl halides is 3. The minimum Gasteiger partial charge on any atom is -0.338 e. The number of hydrogen-bond acceptors (Lipinski definition) is 6. The van der Waals surface area contributed by atoms with Crippen molar-refractivity contribution < 1.29 is 21.6 Å². The van der Waals surface area contributed by atoms with Gasteiger partial charge in [0.25, 0.3) is 0 Å². The third-order valence-corrected chi connectivity index (χ3v) is 4.62. The summed E-state index contributed by atoms with van der Waals surface area (Å²) in [6.45, 7) is 1.72. The summed E-state index contributed by atoms with van der Waals surface area (Å²) in [4.78, 5) is 6.86. The summed E-state index contributed by atoms with van der Waals surface area (Å²) in [5, 5.41) is 6.61. The van der Waals surface area contributed by atoms with Crippen LogP contribution in [0.4, 0.5) is 24.7 Å². The molecule has 0 amide bonds. The summed E-state index contributed by atoms with van der Waals surface area (Å²) in [5.74, 6) is -0.0512. The first-order valence-electron chi connectivity index (χ1n) is 6.59. The second kappa shape index (κ2) is 6.52. The SMILES string of the molecule is CCS(=O)(=O)CCn1cc(Nc2cc(C(F)(F)F)ncn2)cn1. The highest BCUT2D eigenvalue weighted by Crippen LogP contribution is 2.28. The molecule has 0 spiro atoms. The highest BCUT2D eigenvalue weighted by molar-refractivity contribution is 7.91. The lowest BCUT2D eigenvalue weighted by molar-refractivity contribution is -0.141. The van der Waals surface area contributed by atoms with Gasteiger partial charge in [0.05, 0.1) is 24.2 Å². The first kappa shape index (κ1) is 17.2. The van der Waals surface area contributed by atoms with Crippen LogP contribution in [0, 0.1) is 0 Å². The Balaban J connectivity index is 2.05. The largest absolute Gasteiger partial charge is 0.433 e. The van der Waals surface area contributed by atoms with Gasteiger partial charge < -0.3 is 5.32 Å². The lowest BCUT2D eigenvalue weighted by Crippen LogP contribution is -2.14. The number of hydrogen-bond donors (Lipinski definition) is 1. The van der Waals surface area contributed by atoms with E-state index in [-0.39, 0.29) is 23.9 Å². The van der Waals surface area contributed by atoms with Crippen molar-refractivity contribution in [1.29, 1.82) is 0 Å². The highest BCUT2D eigenvalue weighted by atomic mass is 32.2. The van der Waals surface area contributed by atoms with Gasteiger partial charge >= 0.3 is 6.18 Å². The Kier molecular flexibility index (Phi) is 4.88. The Bertz CT molecular complexity index is 773. The minimum atomic E-state index is -4.56. The predicted molar refractivity (Wildman–Crippen MR) is 76.9 cm³/mol. The van der Waals surface area contributed by atoms with Crippen LogP contribution in [-0.4, -0.2) is 39.7 Å². The van der Waals surface area contributed by atoms with Gasteiger partial charge in [0.2, 0.25) is 0 Å². The molecule has 126 valence electrons. The van der Waals surface area contributed by atoms with Crippen molar-refractivity contribution in [1.82, 2.24) is 19.7 Å². The molecule has 2 aromatic heterocycles. The van der Waals surface area contributed by atoms with Gasteiger partial charge in [0, 0.05) is 18.0 Å². The quantitative estimate of drug-likeness (QED) is 0.856. The molecule has 0 bridgehead atoms. The van der Waals surface area contributed by atoms with E-state index in [1.807, 2.05) is 0 Å². The molecule has 0 atom stereocenters. The van der Waals surface area contributed by atoms with Crippen LogP contribution in [0.2, 0.25) is 0 Å². The molecule has 7 nitrogen and oxygen atoms in total. The van der Waals surface area contributed by atoms with Crippen molar-refractivity contribution in [3.8, 4) is 0 Å². The molecular formula is C12H14F3N5O2S. The third-order valence-electron chi connectivity index (χ3n) is 2.93. The van der Waals surface area contributed by atoms with Gasteiger partial charge in [-0.2, -0.15) is 18.3 Å². The summed E-state index contributed by atoms with van der Waals surface area (Å²) < 4.78 is 61.9. The van der Waals surface area contributed by atoms with E-state index in [0.717, 1.165) is 12.4 Å². The summed E-state index contributed by atoms with van der Waals surface area (Å²) >= 11 is 0. The predicted octanol–water partition coefficient (Wildman–Crippen LogP) is 1.87. The molecule has 23 heavy (non-hydrogen) atoms. The molecule has 0 fully saturated rings. The molecule has 0 aliphatic rings. The van der Waals surface area contributed by atoms with Crippen LogP contribution in [0.1, 0.15) is 12.6 Å². The first-order chi connectivity index (χ1) is 10.7. The lowest BCUT2D eigenvalue weighted by Gasteiger charge is -2.07. The first-order valence-corrected chi connectivity index (χ1v) is 8.41. The topological polar surface area (TPSA) is 89.8 Å². The van der Waals surface area contributed by atoms with E-state index < -0.39 is 21.7 Å². The van der Waals surface area contributed by atoms with Crippen molar-refractivity contribution in [3.63, 3.8) is 0 Å². The van der Waals surface area contributed by atoms with Crippen LogP contribution in [0.5, 0.6) is 0 Å². The Labute approximate surface area is 130 Å². The summed E-state index contributed by atoms with van der Waals surface area (Å²) in [6.07, 6.45) is -0.893. The molecule has 0 saturated heterocycles. The van der Waals surface area contributed by atoms with Crippen LogP contribution < -0.4 is 5.32 Å². The number of sulfone groups is 1. The fraction of sp³-hybridized carbons (Fsp3) is 0.417. The molecule has 11 heteroatoms. The van der Waals surface area contributed by atoms with E-state index in [0.29, 0.717) is 5.69 Å². The third kappa shape index (κ3) is 4.91. The van der Waals surface area contributed by atoms with Crippen molar-refractivity contribution in [2.75, 3.05) is 16.8 Å². The number of nitrogens with one attached hydrogen (secondary N) is 1. The van der Waals surface area contributed by atoms with Gasteiger partial charge in [0.15, 0.2) is 9.84 Å². The normalized spacial score (nSPS) is 12.3. The standard InChI is InChI=1S/C12H14F3N5O2S/c1-2-23(21,22)4-3-20-7-9(6-18-20)19-11-5-10(12(13,14)15)16-8-17-11/h5-8H,2-4H2,1H3,(H,16,17,19). The molecule has 2 heterocycles. The molecule has 0 radical (unpaired) electrons. The Morgan fingerprint density at radius 2 is 2.04 bits per heavy atom. The van der Waals surface area contributed by atoms with E-state index in [2.05, 4.69) is 20.4 Å². The molecule has 1 N–H and O–H groups in total. The summed E-state index contributed by atoms with van der Waals surface area (Å²) in [7, 11) is -3.12. The van der Waals surface area contributed by atoms with Crippen LogP contribution in [-0.2, 0) is 22.6 Å². The van der Waals surface area contributed by atoms with E-state index in [1.54, 1.807) is 6.92 Å². The summed E-state index contributed by atoms with van der Waals surface area (Å²) in [6, 6.07) is 0.777. The maximum atomic E-state index is 12.6. The maximum absolute atomic E-state index is 12.6. The number of aromatic nitrogens is 4. The molecule has 2 aromatic rings. The molecule has 0 unspecified atom stereocenters. The smallest absolute Gasteiger partial charge is 0.338 e. The lowest BCUT2D eigenvalue weighted by atomic mass is 10.4. The van der Waals surface area contributed by atoms with Gasteiger partial charge in [0.1, 0.15) is 17.8 Å². The monoisotopic (exact) mass is 349 g/mol. The Morgan fingerprint density at radius 1 is 1.30 bits per heavy atom. The van der Waals surface area contributed by atoms with Crippen LogP contribution in [0.25, 0.3) is 0 Å². The fourth-order valence-electron chi connectivity index (χ4n) is 1.66. The molecule has 0 aromatic carbocycles. The number of rotatable bonds is 6. The van der Waals surface area contributed by atoms with Crippen molar-refractivity contribution in [3.05, 3.63) is 30.5 Å². The van der Waals surface area contributed by atoms with E-state index in [1.165, 1.54) is 17.1 Å². The van der Waals surface area contributed by atoms with E-state index in [4.69, 9.17) is 0 Å². The Morgan fingerprint density at radius 3 is 2.70 bits per heavy atom. The van der Waals surface area contributed by atoms with Crippen molar-refractivity contribution in [2.24, 2.45) is 0 Å². The van der Waals surface area contributed by atoms with Gasteiger partial charge in [-0.3, -0.25) is 4.68 Å². The average molecular weight is 349 g/mol. The Hall–Kier alpha value is -2.17. The van der Waals surface area contributed by atoms with Crippen molar-refractivity contribution >= 4 is 21.3 Å². The average Bonchev–Trinajstić information content (AvgIpc) is 2.92. The number of anilines is 2. The number of aryl methyl sites for hydroxylation is 1. The second-order valence-corrected chi connectivity index (χ2v) is 7.11. The molecule has 0 aliphatic heterocycles. The van der Waals surface area contributed by atoms with Gasteiger partial charge in [-0.05, 0) is 0 Å². The zero-order chi connectivity index (χ0) is 17.1. The van der Waals surface area contributed by atoms with Crippen LogP contribution in [0.3, 0.4) is 0 Å². The minimum absolute atomic E-state index is 0.0342. The molecule has 0 saturated carbocycles. The number of halogens is 3. The molecule has 0 aliphatic carbocycles. The number of nitrogens with zero attached hydrogens (tertiary/aromatic N) is 4. The van der Waals surface area contributed by atoms with Gasteiger partial charge in [-0.1, -0.05) is 6.92 Å². The maximum Gasteiger partial charge on any atom is 0.433 e. The fourth-order valence-corrected chi connectivity index (χ4v) is 2.41. The van der Waals surface area contributed by atoms with Crippen LogP contribution in [0.15, 0.2) is 24.8 Å². The highest BCUT2D eigenvalue weighted by Gasteiger charge is 2.32.